The molecule has 6 nitrogen and oxygen atoms in total. The maximum Gasteiger partial charge on any atom is 0.331 e. The quantitative estimate of drug-likeness (QED) is 0.864. The normalized spacial score (nSPS) is 22.2. The number of benzene rings is 2. The number of hydrogen-bond donors (Lipinski definition) is 1. The van der Waals surface area contributed by atoms with E-state index in [0.29, 0.717) is 16.8 Å². The fourth-order valence-electron chi connectivity index (χ4n) is 3.19. The number of aliphatic hydroxyl groups is 1. The fraction of sp³-hybridized carbons (Fsp3) is 0.263. The van der Waals surface area contributed by atoms with Crippen LogP contribution in [0.4, 0.5) is 5.69 Å². The molecule has 130 valence electrons. The van der Waals surface area contributed by atoms with Crippen LogP contribution in [0.5, 0.6) is 0 Å². The first-order valence-corrected chi connectivity index (χ1v) is 7.86. The minimum atomic E-state index is -1.25. The summed E-state index contributed by atoms with van der Waals surface area (Å²) in [6.45, 7) is 0. The lowest BCUT2D eigenvalue weighted by molar-refractivity contribution is -0.148. The summed E-state index contributed by atoms with van der Waals surface area (Å²) in [5.74, 6) is -1.09. The molecule has 0 fully saturated rings. The molecule has 0 bridgehead atoms. The predicted octanol–water partition coefficient (Wildman–Crippen LogP) is 1.94. The standard InChI is InChI=1S/C19H19NO5/c1-24-17-13-10-6-7-11-14(13)20(15(16(17)21)19(23)25-2)18(22)12-8-4-3-5-9-12/h3-11,15-17,21H,1-2H3/t15-,16+,17+/m1/s1. The lowest BCUT2D eigenvalue weighted by Crippen LogP contribution is -2.57. The Morgan fingerprint density at radius 1 is 1.00 bits per heavy atom. The van der Waals surface area contributed by atoms with Crippen LogP contribution in [0.3, 0.4) is 0 Å². The number of ether oxygens (including phenoxy) is 2. The number of nitrogens with zero attached hydrogens (tertiary/aromatic N) is 1. The van der Waals surface area contributed by atoms with Crippen LogP contribution in [0, 0.1) is 0 Å². The first kappa shape index (κ1) is 17.1. The number of methoxy groups -OCH3 is 2. The van der Waals surface area contributed by atoms with Crippen molar-refractivity contribution >= 4 is 17.6 Å². The third-order valence-corrected chi connectivity index (χ3v) is 4.35. The van der Waals surface area contributed by atoms with E-state index < -0.39 is 30.1 Å². The van der Waals surface area contributed by atoms with Crippen LogP contribution in [-0.4, -0.2) is 43.3 Å². The van der Waals surface area contributed by atoms with Crippen molar-refractivity contribution in [3.63, 3.8) is 0 Å². The molecule has 0 saturated heterocycles. The summed E-state index contributed by atoms with van der Waals surface area (Å²) in [5, 5.41) is 10.7. The zero-order chi connectivity index (χ0) is 18.0. The van der Waals surface area contributed by atoms with Gasteiger partial charge in [0.2, 0.25) is 0 Å². The number of fused-ring (bicyclic) bond motifs is 1. The number of esters is 1. The molecule has 25 heavy (non-hydrogen) atoms. The number of hydrogen-bond acceptors (Lipinski definition) is 5. The lowest BCUT2D eigenvalue weighted by atomic mass is 9.89. The van der Waals surface area contributed by atoms with Gasteiger partial charge in [-0.05, 0) is 18.2 Å². The van der Waals surface area contributed by atoms with Crippen LogP contribution in [0.25, 0.3) is 0 Å². The number of carbonyl (C=O) groups is 2. The molecule has 1 N–H and O–H groups in total. The van der Waals surface area contributed by atoms with Gasteiger partial charge in [0.25, 0.3) is 5.91 Å². The number of carbonyl (C=O) groups excluding carboxylic acids is 2. The van der Waals surface area contributed by atoms with Crippen molar-refractivity contribution in [3.05, 3.63) is 65.7 Å². The molecule has 1 aliphatic rings. The number of para-hydroxylation sites is 1. The molecule has 1 heterocycles. The summed E-state index contributed by atoms with van der Waals surface area (Å²) in [6, 6.07) is 14.5. The topological polar surface area (TPSA) is 76.1 Å². The minimum Gasteiger partial charge on any atom is -0.467 e. The first-order valence-electron chi connectivity index (χ1n) is 7.86. The highest BCUT2D eigenvalue weighted by molar-refractivity contribution is 6.10. The molecule has 0 radical (unpaired) electrons. The van der Waals surface area contributed by atoms with Crippen LogP contribution < -0.4 is 4.90 Å². The summed E-state index contributed by atoms with van der Waals surface area (Å²) >= 11 is 0. The molecule has 1 aliphatic heterocycles. The van der Waals surface area contributed by atoms with Crippen molar-refractivity contribution in [1.29, 1.82) is 0 Å². The molecular formula is C19H19NO5. The Labute approximate surface area is 145 Å². The molecule has 2 aromatic rings. The van der Waals surface area contributed by atoms with Gasteiger partial charge in [-0.25, -0.2) is 4.79 Å². The van der Waals surface area contributed by atoms with Gasteiger partial charge in [0.1, 0.15) is 12.2 Å². The third kappa shape index (κ3) is 2.90. The molecule has 2 aromatic carbocycles. The van der Waals surface area contributed by atoms with Crippen molar-refractivity contribution in [2.24, 2.45) is 0 Å². The van der Waals surface area contributed by atoms with Crippen LogP contribution in [-0.2, 0) is 14.3 Å². The van der Waals surface area contributed by atoms with Crippen molar-refractivity contribution < 1.29 is 24.2 Å². The molecular weight excluding hydrogens is 322 g/mol. The van der Waals surface area contributed by atoms with Gasteiger partial charge in [-0.3, -0.25) is 9.69 Å². The van der Waals surface area contributed by atoms with E-state index in [1.807, 2.05) is 0 Å². The highest BCUT2D eigenvalue weighted by atomic mass is 16.5. The fourth-order valence-corrected chi connectivity index (χ4v) is 3.19. The molecule has 0 aliphatic carbocycles. The number of rotatable bonds is 3. The minimum absolute atomic E-state index is 0.392. The van der Waals surface area contributed by atoms with Crippen LogP contribution in [0.15, 0.2) is 54.6 Å². The van der Waals surface area contributed by atoms with Crippen LogP contribution in [0.1, 0.15) is 22.0 Å². The Balaban J connectivity index is 2.17. The summed E-state index contributed by atoms with van der Waals surface area (Å²) in [5.41, 5.74) is 1.57. The molecule has 0 unspecified atom stereocenters. The van der Waals surface area contributed by atoms with Gasteiger partial charge in [-0.2, -0.15) is 0 Å². The largest absolute Gasteiger partial charge is 0.467 e. The second kappa shape index (κ2) is 7.04. The van der Waals surface area contributed by atoms with E-state index in [1.165, 1.54) is 19.1 Å². The van der Waals surface area contributed by atoms with Gasteiger partial charge in [0.05, 0.1) is 12.8 Å². The Kier molecular flexibility index (Phi) is 4.83. The lowest BCUT2D eigenvalue weighted by Gasteiger charge is -2.42. The molecule has 1 amide bonds. The molecule has 0 saturated carbocycles. The van der Waals surface area contributed by atoms with E-state index in [0.717, 1.165) is 0 Å². The number of anilines is 1. The van der Waals surface area contributed by atoms with Gasteiger partial charge >= 0.3 is 5.97 Å². The number of amides is 1. The maximum atomic E-state index is 13.1. The highest BCUT2D eigenvalue weighted by Crippen LogP contribution is 2.40. The average molecular weight is 341 g/mol. The van der Waals surface area contributed by atoms with E-state index in [9.17, 15) is 14.7 Å². The second-order valence-electron chi connectivity index (χ2n) is 5.71. The summed E-state index contributed by atoms with van der Waals surface area (Å²) < 4.78 is 10.2. The smallest absolute Gasteiger partial charge is 0.331 e. The van der Waals surface area contributed by atoms with Crippen molar-refractivity contribution in [3.8, 4) is 0 Å². The van der Waals surface area contributed by atoms with Crippen LogP contribution in [0.2, 0.25) is 0 Å². The predicted molar refractivity (Wildman–Crippen MR) is 91.3 cm³/mol. The van der Waals surface area contributed by atoms with E-state index >= 15 is 0 Å². The Morgan fingerprint density at radius 3 is 2.28 bits per heavy atom. The molecule has 3 rings (SSSR count). The SMILES string of the molecule is COC(=O)[C@H]1[C@H](O)[C@@H](OC)c2ccccc2N1C(=O)c1ccccc1. The Morgan fingerprint density at radius 2 is 1.64 bits per heavy atom. The summed E-state index contributed by atoms with van der Waals surface area (Å²) in [6.07, 6.45) is -1.99. The number of aliphatic hydroxyl groups excluding tert-OH is 1. The van der Waals surface area contributed by atoms with Gasteiger partial charge in [0.15, 0.2) is 6.04 Å². The van der Waals surface area contributed by atoms with Gasteiger partial charge in [0, 0.05) is 18.2 Å². The zero-order valence-electron chi connectivity index (χ0n) is 14.0. The molecule has 0 spiro atoms. The zero-order valence-corrected chi connectivity index (χ0v) is 14.0. The van der Waals surface area contributed by atoms with E-state index in [2.05, 4.69) is 0 Å². The van der Waals surface area contributed by atoms with Gasteiger partial charge < -0.3 is 14.6 Å². The van der Waals surface area contributed by atoms with Crippen LogP contribution >= 0.6 is 0 Å². The third-order valence-electron chi connectivity index (χ3n) is 4.35. The molecule has 3 atom stereocenters. The van der Waals surface area contributed by atoms with E-state index in [4.69, 9.17) is 9.47 Å². The molecule has 0 aromatic heterocycles. The van der Waals surface area contributed by atoms with Crippen molar-refractivity contribution in [2.75, 3.05) is 19.1 Å². The average Bonchev–Trinajstić information content (AvgIpc) is 2.66. The second-order valence-corrected chi connectivity index (χ2v) is 5.71. The highest BCUT2D eigenvalue weighted by Gasteiger charge is 2.47. The van der Waals surface area contributed by atoms with Crippen molar-refractivity contribution in [2.45, 2.75) is 18.2 Å². The van der Waals surface area contributed by atoms with Crippen molar-refractivity contribution in [1.82, 2.24) is 0 Å². The summed E-state index contributed by atoms with van der Waals surface area (Å²) in [7, 11) is 2.68. The maximum absolute atomic E-state index is 13.1. The van der Waals surface area contributed by atoms with E-state index in [-0.39, 0.29) is 0 Å². The first-order chi connectivity index (χ1) is 12.1. The summed E-state index contributed by atoms with van der Waals surface area (Å²) in [4.78, 5) is 26.8. The van der Waals surface area contributed by atoms with Gasteiger partial charge in [-0.1, -0.05) is 36.4 Å². The molecule has 6 heteroatoms. The van der Waals surface area contributed by atoms with Gasteiger partial charge in [-0.15, -0.1) is 0 Å². The Bertz CT molecular complexity index is 776. The monoisotopic (exact) mass is 341 g/mol. The Hall–Kier alpha value is -2.70. The van der Waals surface area contributed by atoms with E-state index in [1.54, 1.807) is 54.6 Å².